The number of nitrogens with zero attached hydrogens (tertiary/aromatic N) is 3. The van der Waals surface area contributed by atoms with Gasteiger partial charge in [-0.3, -0.25) is 0 Å². The van der Waals surface area contributed by atoms with Crippen molar-refractivity contribution in [2.45, 2.75) is 26.7 Å². The van der Waals surface area contributed by atoms with Gasteiger partial charge in [0.2, 0.25) is 0 Å². The third-order valence-electron chi connectivity index (χ3n) is 3.02. The van der Waals surface area contributed by atoms with Crippen molar-refractivity contribution >= 4 is 0 Å². The van der Waals surface area contributed by atoms with Gasteiger partial charge in [-0.15, -0.1) is 5.10 Å². The van der Waals surface area contributed by atoms with Crippen molar-refractivity contribution in [2.75, 3.05) is 19.7 Å². The van der Waals surface area contributed by atoms with Gasteiger partial charge in [-0.05, 0) is 44.0 Å². The summed E-state index contributed by atoms with van der Waals surface area (Å²) in [5, 5.41) is 7.72. The molecular formula is C16H24N4O. The zero-order chi connectivity index (χ0) is 14.9. The summed E-state index contributed by atoms with van der Waals surface area (Å²) in [5.74, 6) is 0.701. The lowest BCUT2D eigenvalue weighted by Crippen LogP contribution is -2.21. The highest BCUT2D eigenvalue weighted by atomic mass is 16.5. The molecule has 0 radical (unpaired) electrons. The zero-order valence-electron chi connectivity index (χ0n) is 12.8. The molecule has 0 aliphatic carbocycles. The molecule has 0 amide bonds. The smallest absolute Gasteiger partial charge is 0.335 e. The molecule has 5 heteroatoms. The highest BCUT2D eigenvalue weighted by molar-refractivity contribution is 5.29. The van der Waals surface area contributed by atoms with Crippen LogP contribution < -0.4 is 10.1 Å². The molecule has 1 aromatic heterocycles. The van der Waals surface area contributed by atoms with Crippen molar-refractivity contribution < 1.29 is 4.74 Å². The Hall–Kier alpha value is -1.88. The Bertz CT molecular complexity index is 510. The topological polar surface area (TPSA) is 52.0 Å². The van der Waals surface area contributed by atoms with Crippen LogP contribution in [0.3, 0.4) is 0 Å². The van der Waals surface area contributed by atoms with E-state index >= 15 is 0 Å². The van der Waals surface area contributed by atoms with Gasteiger partial charge in [-0.1, -0.05) is 32.0 Å². The first kappa shape index (κ1) is 15.5. The Morgan fingerprint density at radius 2 is 2.00 bits per heavy atom. The van der Waals surface area contributed by atoms with Gasteiger partial charge in [-0.2, -0.15) is 4.98 Å². The number of nitrogens with one attached hydrogen (secondary N) is 1. The molecule has 1 heterocycles. The maximum atomic E-state index is 5.56. The van der Waals surface area contributed by atoms with E-state index in [9.17, 15) is 0 Å². The first-order valence-electron chi connectivity index (χ1n) is 7.56. The van der Waals surface area contributed by atoms with Gasteiger partial charge in [0.15, 0.2) is 0 Å². The van der Waals surface area contributed by atoms with Crippen LogP contribution in [0.15, 0.2) is 36.7 Å². The standard InChI is InChI=1S/C16H24N4O/c1-14(2)12-17-10-6-7-11-21-16-18-13-20(19-16)15-8-4-3-5-9-15/h3-5,8-9,13-14,17H,6-7,10-12H2,1-2H3. The minimum absolute atomic E-state index is 0.439. The summed E-state index contributed by atoms with van der Waals surface area (Å²) in [7, 11) is 0. The van der Waals surface area contributed by atoms with Crippen LogP contribution in [0.1, 0.15) is 26.7 Å². The lowest BCUT2D eigenvalue weighted by atomic mass is 10.2. The quantitative estimate of drug-likeness (QED) is 0.721. The van der Waals surface area contributed by atoms with E-state index in [1.54, 1.807) is 11.0 Å². The van der Waals surface area contributed by atoms with Crippen LogP contribution in [0.2, 0.25) is 0 Å². The Morgan fingerprint density at radius 3 is 2.76 bits per heavy atom. The van der Waals surface area contributed by atoms with Gasteiger partial charge in [-0.25, -0.2) is 4.68 Å². The van der Waals surface area contributed by atoms with E-state index in [1.165, 1.54) is 0 Å². The summed E-state index contributed by atoms with van der Waals surface area (Å²) in [5.41, 5.74) is 0.984. The number of aromatic nitrogens is 3. The van der Waals surface area contributed by atoms with Crippen molar-refractivity contribution in [3.63, 3.8) is 0 Å². The summed E-state index contributed by atoms with van der Waals surface area (Å²) in [6.45, 7) is 7.19. The van der Waals surface area contributed by atoms with Crippen LogP contribution in [-0.2, 0) is 0 Å². The van der Waals surface area contributed by atoms with E-state index in [0.717, 1.165) is 31.6 Å². The number of benzene rings is 1. The van der Waals surface area contributed by atoms with Crippen molar-refractivity contribution in [3.05, 3.63) is 36.7 Å². The van der Waals surface area contributed by atoms with Crippen LogP contribution in [0, 0.1) is 5.92 Å². The van der Waals surface area contributed by atoms with E-state index in [2.05, 4.69) is 29.2 Å². The molecule has 0 atom stereocenters. The van der Waals surface area contributed by atoms with Gasteiger partial charge >= 0.3 is 6.01 Å². The third kappa shape index (κ3) is 5.55. The summed E-state index contributed by atoms with van der Waals surface area (Å²) in [4.78, 5) is 4.16. The molecule has 0 spiro atoms. The average Bonchev–Trinajstić information content (AvgIpc) is 2.96. The fourth-order valence-corrected chi connectivity index (χ4v) is 1.93. The molecule has 1 aromatic carbocycles. The highest BCUT2D eigenvalue weighted by Crippen LogP contribution is 2.08. The fourth-order valence-electron chi connectivity index (χ4n) is 1.93. The van der Waals surface area contributed by atoms with Gasteiger partial charge in [0.05, 0.1) is 12.3 Å². The fraction of sp³-hybridized carbons (Fsp3) is 0.500. The first-order valence-corrected chi connectivity index (χ1v) is 7.56. The summed E-state index contributed by atoms with van der Waals surface area (Å²) < 4.78 is 7.29. The molecule has 0 aliphatic rings. The van der Waals surface area contributed by atoms with E-state index in [1.807, 2.05) is 30.3 Å². The summed E-state index contributed by atoms with van der Waals surface area (Å²) in [6.07, 6.45) is 3.78. The molecule has 2 aromatic rings. The Balaban J connectivity index is 1.65. The van der Waals surface area contributed by atoms with Crippen LogP contribution in [0.5, 0.6) is 6.01 Å². The predicted molar refractivity (Wildman–Crippen MR) is 83.8 cm³/mol. The van der Waals surface area contributed by atoms with Gasteiger partial charge < -0.3 is 10.1 Å². The summed E-state index contributed by atoms with van der Waals surface area (Å²) in [6, 6.07) is 10.3. The van der Waals surface area contributed by atoms with E-state index in [0.29, 0.717) is 18.5 Å². The summed E-state index contributed by atoms with van der Waals surface area (Å²) >= 11 is 0. The van der Waals surface area contributed by atoms with Crippen LogP contribution in [-0.4, -0.2) is 34.5 Å². The molecular weight excluding hydrogens is 264 g/mol. The second-order valence-corrected chi connectivity index (χ2v) is 5.46. The molecule has 2 rings (SSSR count). The predicted octanol–water partition coefficient (Wildman–Crippen LogP) is 2.67. The normalized spacial score (nSPS) is 11.0. The van der Waals surface area contributed by atoms with Crippen LogP contribution in [0.4, 0.5) is 0 Å². The number of rotatable bonds is 9. The number of unbranched alkanes of at least 4 members (excludes halogenated alkanes) is 1. The molecule has 1 N–H and O–H groups in total. The van der Waals surface area contributed by atoms with Gasteiger partial charge in [0.25, 0.3) is 0 Å². The lowest BCUT2D eigenvalue weighted by molar-refractivity contribution is 0.282. The largest absolute Gasteiger partial charge is 0.462 e. The Labute approximate surface area is 126 Å². The van der Waals surface area contributed by atoms with E-state index in [4.69, 9.17) is 4.74 Å². The molecule has 5 nitrogen and oxygen atoms in total. The maximum Gasteiger partial charge on any atom is 0.335 e. The van der Waals surface area contributed by atoms with Crippen molar-refractivity contribution in [1.29, 1.82) is 0 Å². The van der Waals surface area contributed by atoms with E-state index in [-0.39, 0.29) is 0 Å². The minimum atomic E-state index is 0.439. The van der Waals surface area contributed by atoms with Crippen LogP contribution in [0.25, 0.3) is 5.69 Å². The lowest BCUT2D eigenvalue weighted by Gasteiger charge is -2.06. The van der Waals surface area contributed by atoms with Gasteiger partial charge in [0, 0.05) is 0 Å². The molecule has 21 heavy (non-hydrogen) atoms. The molecule has 0 fully saturated rings. The third-order valence-corrected chi connectivity index (χ3v) is 3.02. The van der Waals surface area contributed by atoms with E-state index < -0.39 is 0 Å². The molecule has 0 aliphatic heterocycles. The van der Waals surface area contributed by atoms with Gasteiger partial charge in [0.1, 0.15) is 6.33 Å². The average molecular weight is 288 g/mol. The number of ether oxygens (including phenoxy) is 1. The molecule has 0 saturated carbocycles. The first-order chi connectivity index (χ1) is 10.3. The van der Waals surface area contributed by atoms with Crippen LogP contribution >= 0.6 is 0 Å². The monoisotopic (exact) mass is 288 g/mol. The Kier molecular flexibility index (Phi) is 6.22. The molecule has 0 saturated heterocycles. The molecule has 0 unspecified atom stereocenters. The molecule has 114 valence electrons. The van der Waals surface area contributed by atoms with Crippen molar-refractivity contribution in [3.8, 4) is 11.7 Å². The minimum Gasteiger partial charge on any atom is -0.462 e. The second kappa shape index (κ2) is 8.42. The number of hydrogen-bond donors (Lipinski definition) is 1. The SMILES string of the molecule is CC(C)CNCCCCOc1ncn(-c2ccccc2)n1. The maximum absolute atomic E-state index is 5.56. The zero-order valence-corrected chi connectivity index (χ0v) is 12.8. The van der Waals surface area contributed by atoms with Crippen molar-refractivity contribution in [1.82, 2.24) is 20.1 Å². The molecule has 0 bridgehead atoms. The number of para-hydroxylation sites is 1. The van der Waals surface area contributed by atoms with Crippen molar-refractivity contribution in [2.24, 2.45) is 5.92 Å². The highest BCUT2D eigenvalue weighted by Gasteiger charge is 2.03. The second-order valence-electron chi connectivity index (χ2n) is 5.46. The Morgan fingerprint density at radius 1 is 1.19 bits per heavy atom. The number of hydrogen-bond acceptors (Lipinski definition) is 4.